The highest BCUT2D eigenvalue weighted by molar-refractivity contribution is 6.37. The molecule has 0 saturated carbocycles. The summed E-state index contributed by atoms with van der Waals surface area (Å²) in [5.41, 5.74) is 3.01. The fourth-order valence-electron chi connectivity index (χ4n) is 3.95. The maximum Gasteiger partial charge on any atom is 0.341 e. The molecule has 0 aliphatic rings. The standard InChI is InChI=1S/C26H20Cl2N6O3/c1-15(2)34(25(35)19-9-6-17(27)12-21(19)28)24-20(26(36)37)14-33(31-24)18-7-4-16(5-8-18)22-13-23-29-10-3-11-32(23)30-22/h3-15H,1-2H3,(H,36,37). The average Bonchev–Trinajstić information content (AvgIpc) is 3.49. The van der Waals surface area contributed by atoms with Crippen molar-refractivity contribution in [2.45, 2.75) is 19.9 Å². The lowest BCUT2D eigenvalue weighted by atomic mass is 10.1. The van der Waals surface area contributed by atoms with Gasteiger partial charge in [0.05, 0.1) is 22.0 Å². The lowest BCUT2D eigenvalue weighted by molar-refractivity contribution is 0.0697. The largest absolute Gasteiger partial charge is 0.477 e. The number of nitrogens with zero attached hydrogens (tertiary/aromatic N) is 6. The van der Waals surface area contributed by atoms with E-state index in [0.29, 0.717) is 10.7 Å². The van der Waals surface area contributed by atoms with Crippen LogP contribution in [0.25, 0.3) is 22.6 Å². The second kappa shape index (κ2) is 9.68. The molecule has 0 fully saturated rings. The van der Waals surface area contributed by atoms with E-state index in [1.54, 1.807) is 48.8 Å². The number of fused-ring (bicyclic) bond motifs is 1. The van der Waals surface area contributed by atoms with Gasteiger partial charge in [0.25, 0.3) is 5.91 Å². The van der Waals surface area contributed by atoms with Crippen molar-refractivity contribution >= 4 is 46.5 Å². The van der Waals surface area contributed by atoms with E-state index in [9.17, 15) is 14.7 Å². The van der Waals surface area contributed by atoms with Crippen LogP contribution in [0.15, 0.2) is 73.2 Å². The van der Waals surface area contributed by atoms with Gasteiger partial charge in [-0.1, -0.05) is 35.3 Å². The zero-order valence-corrected chi connectivity index (χ0v) is 21.2. The van der Waals surface area contributed by atoms with Crippen molar-refractivity contribution in [2.75, 3.05) is 4.90 Å². The van der Waals surface area contributed by atoms with Crippen LogP contribution in [-0.4, -0.2) is 47.4 Å². The average molecular weight is 535 g/mol. The van der Waals surface area contributed by atoms with Crippen LogP contribution >= 0.6 is 23.2 Å². The summed E-state index contributed by atoms with van der Waals surface area (Å²) in [6.07, 6.45) is 4.90. The summed E-state index contributed by atoms with van der Waals surface area (Å²) in [6.45, 7) is 3.54. The van der Waals surface area contributed by atoms with Gasteiger partial charge < -0.3 is 5.11 Å². The number of carbonyl (C=O) groups excluding carboxylic acids is 1. The van der Waals surface area contributed by atoms with Gasteiger partial charge in [-0.2, -0.15) is 5.10 Å². The van der Waals surface area contributed by atoms with E-state index in [2.05, 4.69) is 15.2 Å². The Kier molecular flexibility index (Phi) is 6.41. The van der Waals surface area contributed by atoms with Gasteiger partial charge >= 0.3 is 5.97 Å². The monoisotopic (exact) mass is 534 g/mol. The fourth-order valence-corrected chi connectivity index (χ4v) is 4.44. The molecule has 3 heterocycles. The minimum absolute atomic E-state index is 0.00835. The molecule has 0 radical (unpaired) electrons. The molecular formula is C26H20Cl2N6O3. The molecular weight excluding hydrogens is 515 g/mol. The number of carbonyl (C=O) groups is 2. The molecule has 0 aliphatic heterocycles. The highest BCUT2D eigenvalue weighted by Gasteiger charge is 2.30. The van der Waals surface area contributed by atoms with Crippen molar-refractivity contribution in [1.29, 1.82) is 0 Å². The van der Waals surface area contributed by atoms with E-state index >= 15 is 0 Å². The van der Waals surface area contributed by atoms with E-state index in [-0.39, 0.29) is 22.0 Å². The molecule has 0 saturated heterocycles. The van der Waals surface area contributed by atoms with E-state index in [1.165, 1.54) is 27.9 Å². The number of aromatic carboxylic acids is 1. The van der Waals surface area contributed by atoms with Gasteiger partial charge in [0.1, 0.15) is 5.56 Å². The SMILES string of the molecule is CC(C)N(C(=O)c1ccc(Cl)cc1Cl)c1nn(-c2ccc(-c3cc4ncccn4n3)cc2)cc1C(=O)O. The molecule has 9 nitrogen and oxygen atoms in total. The third kappa shape index (κ3) is 4.66. The first-order valence-electron chi connectivity index (χ1n) is 11.3. The summed E-state index contributed by atoms with van der Waals surface area (Å²) in [5.74, 6) is -1.69. The Morgan fingerprint density at radius 2 is 1.76 bits per heavy atom. The number of aromatic nitrogens is 5. The zero-order chi connectivity index (χ0) is 26.3. The Morgan fingerprint density at radius 1 is 1.00 bits per heavy atom. The van der Waals surface area contributed by atoms with Crippen molar-refractivity contribution in [3.63, 3.8) is 0 Å². The Morgan fingerprint density at radius 3 is 2.41 bits per heavy atom. The first kappa shape index (κ1) is 24.5. The minimum Gasteiger partial charge on any atom is -0.477 e. The Bertz CT molecular complexity index is 1610. The summed E-state index contributed by atoms with van der Waals surface area (Å²) < 4.78 is 3.12. The molecule has 11 heteroatoms. The Balaban J connectivity index is 1.52. The number of benzene rings is 2. The molecule has 0 spiro atoms. The van der Waals surface area contributed by atoms with Gasteiger partial charge in [0.2, 0.25) is 0 Å². The first-order chi connectivity index (χ1) is 17.7. The van der Waals surface area contributed by atoms with Crippen molar-refractivity contribution < 1.29 is 14.7 Å². The Labute approximate surface area is 221 Å². The second-order valence-electron chi connectivity index (χ2n) is 8.51. The molecule has 0 aliphatic carbocycles. The van der Waals surface area contributed by atoms with E-state index in [4.69, 9.17) is 23.2 Å². The first-order valence-corrected chi connectivity index (χ1v) is 12.0. The summed E-state index contributed by atoms with van der Waals surface area (Å²) in [7, 11) is 0. The van der Waals surface area contributed by atoms with E-state index in [0.717, 1.165) is 16.9 Å². The van der Waals surface area contributed by atoms with Gasteiger partial charge in [-0.15, -0.1) is 5.10 Å². The molecule has 2 aromatic carbocycles. The third-order valence-corrected chi connectivity index (χ3v) is 6.26. The van der Waals surface area contributed by atoms with Crippen molar-refractivity contribution in [3.05, 3.63) is 94.4 Å². The number of hydrogen-bond acceptors (Lipinski definition) is 5. The summed E-state index contributed by atoms with van der Waals surface area (Å²) in [5, 5.41) is 19.5. The van der Waals surface area contributed by atoms with Crippen molar-refractivity contribution in [3.8, 4) is 16.9 Å². The number of halogens is 2. The predicted molar refractivity (Wildman–Crippen MR) is 141 cm³/mol. The molecule has 186 valence electrons. The highest BCUT2D eigenvalue weighted by Crippen LogP contribution is 2.29. The molecule has 1 N–H and O–H groups in total. The van der Waals surface area contributed by atoms with Crippen LogP contribution in [0, 0.1) is 0 Å². The number of anilines is 1. The molecule has 1 amide bonds. The maximum atomic E-state index is 13.5. The number of rotatable bonds is 6. The molecule has 0 atom stereocenters. The van der Waals surface area contributed by atoms with Crippen LogP contribution in [0.2, 0.25) is 10.0 Å². The summed E-state index contributed by atoms with van der Waals surface area (Å²) in [4.78, 5) is 31.2. The van der Waals surface area contributed by atoms with E-state index in [1.807, 2.05) is 24.4 Å². The maximum absolute atomic E-state index is 13.5. The third-order valence-electron chi connectivity index (χ3n) is 5.71. The summed E-state index contributed by atoms with van der Waals surface area (Å²) in [6, 6.07) is 15.1. The fraction of sp³-hybridized carbons (Fsp3) is 0.115. The zero-order valence-electron chi connectivity index (χ0n) is 19.7. The van der Waals surface area contributed by atoms with Gasteiger partial charge in [-0.3, -0.25) is 9.69 Å². The topological polar surface area (TPSA) is 106 Å². The molecule has 5 aromatic rings. The van der Waals surface area contributed by atoms with Crippen LogP contribution in [0.3, 0.4) is 0 Å². The van der Waals surface area contributed by atoms with Crippen molar-refractivity contribution in [1.82, 2.24) is 24.4 Å². The molecule has 5 rings (SSSR count). The number of amides is 1. The van der Waals surface area contributed by atoms with Crippen LogP contribution in [-0.2, 0) is 0 Å². The van der Waals surface area contributed by atoms with Gasteiger partial charge in [-0.25, -0.2) is 19.0 Å². The van der Waals surface area contributed by atoms with E-state index < -0.39 is 17.9 Å². The smallest absolute Gasteiger partial charge is 0.341 e. The normalized spacial score (nSPS) is 11.3. The molecule has 37 heavy (non-hydrogen) atoms. The molecule has 0 bridgehead atoms. The number of hydrogen-bond donors (Lipinski definition) is 1. The number of carboxylic acids is 1. The van der Waals surface area contributed by atoms with Crippen LogP contribution in [0.5, 0.6) is 0 Å². The van der Waals surface area contributed by atoms with Crippen LogP contribution in [0.4, 0.5) is 5.82 Å². The molecule has 0 unspecified atom stereocenters. The summed E-state index contributed by atoms with van der Waals surface area (Å²) >= 11 is 12.2. The van der Waals surface area contributed by atoms with Crippen LogP contribution < -0.4 is 4.90 Å². The quantitative estimate of drug-likeness (QED) is 0.302. The van der Waals surface area contributed by atoms with Gasteiger partial charge in [0.15, 0.2) is 11.5 Å². The van der Waals surface area contributed by atoms with Crippen molar-refractivity contribution in [2.24, 2.45) is 0 Å². The lowest BCUT2D eigenvalue weighted by Gasteiger charge is -2.25. The molecule has 3 aromatic heterocycles. The lowest BCUT2D eigenvalue weighted by Crippen LogP contribution is -2.38. The van der Waals surface area contributed by atoms with Crippen LogP contribution in [0.1, 0.15) is 34.6 Å². The second-order valence-corrected chi connectivity index (χ2v) is 9.35. The highest BCUT2D eigenvalue weighted by atomic mass is 35.5. The Hall–Kier alpha value is -4.21. The van der Waals surface area contributed by atoms with Gasteiger partial charge in [-0.05, 0) is 50.2 Å². The van der Waals surface area contributed by atoms with Gasteiger partial charge in [0, 0.05) is 41.3 Å². The predicted octanol–water partition coefficient (Wildman–Crippen LogP) is 5.64. The minimum atomic E-state index is -1.21. The number of carboxylic acid groups (broad SMARTS) is 1.